The van der Waals surface area contributed by atoms with Crippen LogP contribution in [0.15, 0.2) is 11.1 Å². The van der Waals surface area contributed by atoms with Gasteiger partial charge in [0.05, 0.1) is 17.9 Å². The average Bonchev–Trinajstić information content (AvgIpc) is 2.70. The van der Waals surface area contributed by atoms with Crippen molar-refractivity contribution in [1.82, 2.24) is 19.6 Å². The van der Waals surface area contributed by atoms with Crippen LogP contribution in [0.4, 0.5) is 0 Å². The number of hydrogen-bond donors (Lipinski definition) is 1. The highest BCUT2D eigenvalue weighted by molar-refractivity contribution is 5.36. The molecule has 3 heterocycles. The van der Waals surface area contributed by atoms with Gasteiger partial charge in [0, 0.05) is 0 Å². The van der Waals surface area contributed by atoms with Crippen LogP contribution in [-0.2, 0) is 16.9 Å². The fourth-order valence-electron chi connectivity index (χ4n) is 1.98. The highest BCUT2D eigenvalue weighted by Crippen LogP contribution is 2.33. The largest absolute Gasteiger partial charge is 0.364 e. The van der Waals surface area contributed by atoms with Crippen LogP contribution in [0, 0.1) is 0 Å². The summed E-state index contributed by atoms with van der Waals surface area (Å²) in [4.78, 5) is 18.3. The first-order valence-electron chi connectivity index (χ1n) is 4.69. The van der Waals surface area contributed by atoms with Gasteiger partial charge in [-0.15, -0.1) is 0 Å². The van der Waals surface area contributed by atoms with Crippen molar-refractivity contribution in [3.05, 3.63) is 27.9 Å². The van der Waals surface area contributed by atoms with E-state index in [9.17, 15) is 4.79 Å². The van der Waals surface area contributed by atoms with Crippen LogP contribution in [-0.4, -0.2) is 19.6 Å². The standard InChI is InChI=1S/C9H10N4O2/c1-9(2)6-5(3-15-9)7(14)12-8-10-4-11-13(6)8/h4H,3H2,1-2H3,(H,10,11,12,14). The maximum absolute atomic E-state index is 11.7. The summed E-state index contributed by atoms with van der Waals surface area (Å²) in [5.74, 6) is 0.456. The van der Waals surface area contributed by atoms with Gasteiger partial charge in [0.25, 0.3) is 5.56 Å². The zero-order valence-corrected chi connectivity index (χ0v) is 8.44. The zero-order chi connectivity index (χ0) is 10.6. The fourth-order valence-corrected chi connectivity index (χ4v) is 1.98. The molecule has 0 spiro atoms. The Morgan fingerprint density at radius 3 is 3.20 bits per heavy atom. The van der Waals surface area contributed by atoms with Gasteiger partial charge in [-0.1, -0.05) is 0 Å². The molecule has 0 atom stereocenters. The third-order valence-corrected chi connectivity index (χ3v) is 2.69. The van der Waals surface area contributed by atoms with Gasteiger partial charge in [-0.05, 0) is 13.8 Å². The number of fused-ring (bicyclic) bond motifs is 3. The number of nitrogens with one attached hydrogen (secondary N) is 1. The minimum atomic E-state index is -0.491. The van der Waals surface area contributed by atoms with Crippen LogP contribution < -0.4 is 5.56 Å². The topological polar surface area (TPSA) is 72.3 Å². The first-order valence-corrected chi connectivity index (χ1v) is 4.69. The summed E-state index contributed by atoms with van der Waals surface area (Å²) in [7, 11) is 0. The third kappa shape index (κ3) is 0.992. The third-order valence-electron chi connectivity index (χ3n) is 2.69. The van der Waals surface area contributed by atoms with E-state index in [1.54, 1.807) is 4.52 Å². The highest BCUT2D eigenvalue weighted by Gasteiger charge is 2.36. The number of nitrogens with zero attached hydrogens (tertiary/aromatic N) is 3. The second kappa shape index (κ2) is 2.46. The van der Waals surface area contributed by atoms with E-state index in [2.05, 4.69) is 15.1 Å². The molecule has 0 amide bonds. The summed E-state index contributed by atoms with van der Waals surface area (Å²) in [6.07, 6.45) is 1.42. The van der Waals surface area contributed by atoms with Gasteiger partial charge in [0.15, 0.2) is 0 Å². The lowest BCUT2D eigenvalue weighted by Crippen LogP contribution is -2.23. The Bertz CT molecular complexity index is 596. The van der Waals surface area contributed by atoms with E-state index in [0.717, 1.165) is 5.69 Å². The minimum Gasteiger partial charge on any atom is -0.364 e. The van der Waals surface area contributed by atoms with Gasteiger partial charge in [0.1, 0.15) is 11.9 Å². The number of aromatic amines is 1. The molecule has 78 valence electrons. The molecule has 0 aliphatic carbocycles. The average molecular weight is 206 g/mol. The first kappa shape index (κ1) is 8.60. The van der Waals surface area contributed by atoms with E-state index in [4.69, 9.17) is 4.74 Å². The molecule has 2 aromatic heterocycles. The molecule has 1 aliphatic rings. The van der Waals surface area contributed by atoms with Crippen LogP contribution in [0.3, 0.4) is 0 Å². The molecular weight excluding hydrogens is 196 g/mol. The number of aromatic nitrogens is 4. The van der Waals surface area contributed by atoms with Gasteiger partial charge in [-0.3, -0.25) is 9.78 Å². The lowest BCUT2D eigenvalue weighted by Gasteiger charge is -2.18. The highest BCUT2D eigenvalue weighted by atomic mass is 16.5. The van der Waals surface area contributed by atoms with Crippen molar-refractivity contribution in [2.75, 3.05) is 0 Å². The monoisotopic (exact) mass is 206 g/mol. The maximum Gasteiger partial charge on any atom is 0.258 e. The number of H-pyrrole nitrogens is 1. The van der Waals surface area contributed by atoms with E-state index in [-0.39, 0.29) is 5.56 Å². The molecule has 3 rings (SSSR count). The molecule has 0 bridgehead atoms. The molecular formula is C9H10N4O2. The second-order valence-corrected chi connectivity index (χ2v) is 4.08. The van der Waals surface area contributed by atoms with E-state index >= 15 is 0 Å². The van der Waals surface area contributed by atoms with Crippen molar-refractivity contribution in [2.24, 2.45) is 0 Å². The van der Waals surface area contributed by atoms with E-state index in [0.29, 0.717) is 17.9 Å². The van der Waals surface area contributed by atoms with Crippen molar-refractivity contribution in [3.63, 3.8) is 0 Å². The molecule has 0 fully saturated rings. The Morgan fingerprint density at radius 2 is 2.40 bits per heavy atom. The Hall–Kier alpha value is -1.69. The predicted molar refractivity (Wildman–Crippen MR) is 51.4 cm³/mol. The molecule has 15 heavy (non-hydrogen) atoms. The molecule has 6 nitrogen and oxygen atoms in total. The molecule has 1 N–H and O–H groups in total. The number of ether oxygens (including phenoxy) is 1. The summed E-state index contributed by atoms with van der Waals surface area (Å²) in [5, 5.41) is 4.08. The lowest BCUT2D eigenvalue weighted by molar-refractivity contribution is -0.0112. The van der Waals surface area contributed by atoms with E-state index in [1.807, 2.05) is 13.8 Å². The number of rotatable bonds is 0. The maximum atomic E-state index is 11.7. The van der Waals surface area contributed by atoms with Crippen LogP contribution in [0.1, 0.15) is 25.1 Å². The van der Waals surface area contributed by atoms with Crippen molar-refractivity contribution in [3.8, 4) is 0 Å². The summed E-state index contributed by atoms with van der Waals surface area (Å²) in [6, 6.07) is 0. The molecule has 0 saturated heterocycles. The molecule has 0 saturated carbocycles. The van der Waals surface area contributed by atoms with Gasteiger partial charge >= 0.3 is 0 Å². The normalized spacial score (nSPS) is 18.3. The summed E-state index contributed by atoms with van der Waals surface area (Å²) in [6.45, 7) is 4.16. The van der Waals surface area contributed by atoms with Gasteiger partial charge < -0.3 is 4.74 Å². The smallest absolute Gasteiger partial charge is 0.258 e. The molecule has 0 unspecified atom stereocenters. The predicted octanol–water partition coefficient (Wildman–Crippen LogP) is 0.183. The van der Waals surface area contributed by atoms with Gasteiger partial charge in [-0.25, -0.2) is 0 Å². The zero-order valence-electron chi connectivity index (χ0n) is 8.44. The lowest BCUT2D eigenvalue weighted by atomic mass is 10.0. The summed E-state index contributed by atoms with van der Waals surface area (Å²) >= 11 is 0. The van der Waals surface area contributed by atoms with E-state index < -0.39 is 5.60 Å². The Balaban J connectivity index is 2.53. The Kier molecular flexibility index (Phi) is 1.41. The Morgan fingerprint density at radius 1 is 1.60 bits per heavy atom. The molecule has 0 radical (unpaired) electrons. The van der Waals surface area contributed by atoms with Crippen molar-refractivity contribution in [2.45, 2.75) is 26.1 Å². The quantitative estimate of drug-likeness (QED) is 0.667. The van der Waals surface area contributed by atoms with Gasteiger partial charge in [0.2, 0.25) is 5.78 Å². The first-order chi connectivity index (χ1) is 7.09. The van der Waals surface area contributed by atoms with Crippen molar-refractivity contribution >= 4 is 5.78 Å². The van der Waals surface area contributed by atoms with Crippen molar-refractivity contribution < 1.29 is 4.74 Å². The molecule has 1 aliphatic heterocycles. The summed E-state index contributed by atoms with van der Waals surface area (Å²) < 4.78 is 7.19. The molecule has 2 aromatic rings. The summed E-state index contributed by atoms with van der Waals surface area (Å²) in [5.41, 5.74) is 0.794. The SMILES string of the molecule is CC1(C)OCc2c1n1ncnc1[nH]c2=O. The van der Waals surface area contributed by atoms with Crippen LogP contribution in [0.25, 0.3) is 5.78 Å². The number of hydrogen-bond acceptors (Lipinski definition) is 4. The van der Waals surface area contributed by atoms with Crippen molar-refractivity contribution in [1.29, 1.82) is 0 Å². The minimum absolute atomic E-state index is 0.143. The second-order valence-electron chi connectivity index (χ2n) is 4.08. The molecule has 0 aromatic carbocycles. The fraction of sp³-hybridized carbons (Fsp3) is 0.444. The van der Waals surface area contributed by atoms with Crippen LogP contribution in [0.2, 0.25) is 0 Å². The van der Waals surface area contributed by atoms with Gasteiger partial charge in [-0.2, -0.15) is 14.6 Å². The Labute approximate surface area is 84.9 Å². The van der Waals surface area contributed by atoms with E-state index in [1.165, 1.54) is 6.33 Å². The molecule has 6 heteroatoms. The van der Waals surface area contributed by atoms with Crippen LogP contribution in [0.5, 0.6) is 0 Å². The van der Waals surface area contributed by atoms with Crippen LogP contribution >= 0.6 is 0 Å².